The molecule has 1 amide bonds. The van der Waals surface area contributed by atoms with E-state index in [1.54, 1.807) is 6.92 Å². The van der Waals surface area contributed by atoms with Crippen LogP contribution in [0.25, 0.3) is 0 Å². The Bertz CT molecular complexity index is 539. The van der Waals surface area contributed by atoms with Gasteiger partial charge in [-0.25, -0.2) is 0 Å². The van der Waals surface area contributed by atoms with Gasteiger partial charge in [-0.2, -0.15) is 0 Å². The van der Waals surface area contributed by atoms with E-state index in [0.29, 0.717) is 32.5 Å². The molecule has 2 rings (SSSR count). The predicted molar refractivity (Wildman–Crippen MR) is 84.2 cm³/mol. The number of nitrogens with one attached hydrogen (secondary N) is 1. The van der Waals surface area contributed by atoms with Crippen LogP contribution in [-0.2, 0) is 9.59 Å². The number of carboxylic acids is 1. The number of anilines is 1. The van der Waals surface area contributed by atoms with Crippen molar-refractivity contribution in [3.63, 3.8) is 0 Å². The average molecular weight is 355 g/mol. The van der Waals surface area contributed by atoms with E-state index in [0.717, 1.165) is 10.2 Å². The van der Waals surface area contributed by atoms with Crippen molar-refractivity contribution in [3.05, 3.63) is 28.7 Å². The Morgan fingerprint density at radius 2 is 2.05 bits per heavy atom. The number of halogens is 1. The third-order valence-electron chi connectivity index (χ3n) is 3.95. The van der Waals surface area contributed by atoms with Crippen LogP contribution in [0.15, 0.2) is 28.7 Å². The maximum absolute atomic E-state index is 12.0. The van der Waals surface area contributed by atoms with Gasteiger partial charge >= 0.3 is 5.97 Å². The van der Waals surface area contributed by atoms with E-state index in [9.17, 15) is 14.7 Å². The Balaban J connectivity index is 1.83. The molecule has 2 N–H and O–H groups in total. The first kappa shape index (κ1) is 16.0. The van der Waals surface area contributed by atoms with Crippen LogP contribution in [0.5, 0.6) is 0 Å². The molecule has 0 saturated carbocycles. The number of carbonyl (C=O) groups is 2. The number of benzene rings is 1. The van der Waals surface area contributed by atoms with E-state index in [-0.39, 0.29) is 5.91 Å². The molecule has 0 spiro atoms. The molecule has 1 aliphatic heterocycles. The van der Waals surface area contributed by atoms with Gasteiger partial charge in [-0.15, -0.1) is 0 Å². The number of piperidine rings is 1. The molecule has 1 aromatic carbocycles. The van der Waals surface area contributed by atoms with Gasteiger partial charge in [-0.1, -0.05) is 22.0 Å². The summed E-state index contributed by atoms with van der Waals surface area (Å²) in [6.45, 7) is 3.33. The fourth-order valence-electron chi connectivity index (χ4n) is 2.39. The summed E-state index contributed by atoms with van der Waals surface area (Å²) in [5, 5.41) is 12.0. The average Bonchev–Trinajstić information content (AvgIpc) is 2.41. The van der Waals surface area contributed by atoms with Crippen LogP contribution in [0.3, 0.4) is 0 Å². The van der Waals surface area contributed by atoms with E-state index in [1.165, 1.54) is 0 Å². The molecule has 0 aromatic heterocycles. The molecule has 0 bridgehead atoms. The van der Waals surface area contributed by atoms with Crippen LogP contribution in [0.4, 0.5) is 5.69 Å². The summed E-state index contributed by atoms with van der Waals surface area (Å²) in [6, 6.07) is 7.43. The molecule has 0 radical (unpaired) electrons. The Morgan fingerprint density at radius 3 is 2.62 bits per heavy atom. The minimum Gasteiger partial charge on any atom is -0.481 e. The monoisotopic (exact) mass is 354 g/mol. The van der Waals surface area contributed by atoms with E-state index in [1.807, 2.05) is 29.2 Å². The number of rotatable bonds is 4. The number of aliphatic carboxylic acids is 1. The molecular weight excluding hydrogens is 336 g/mol. The number of amides is 1. The Labute approximate surface area is 132 Å². The Kier molecular flexibility index (Phi) is 5.00. The summed E-state index contributed by atoms with van der Waals surface area (Å²) in [6.07, 6.45) is 1.15. The van der Waals surface area contributed by atoms with Crippen LogP contribution in [0.1, 0.15) is 19.8 Å². The lowest BCUT2D eigenvalue weighted by Crippen LogP contribution is -2.45. The third-order valence-corrected chi connectivity index (χ3v) is 4.44. The molecule has 1 saturated heterocycles. The molecule has 1 aliphatic rings. The van der Waals surface area contributed by atoms with Gasteiger partial charge in [0, 0.05) is 10.2 Å². The van der Waals surface area contributed by atoms with Crippen molar-refractivity contribution in [2.45, 2.75) is 19.8 Å². The zero-order valence-corrected chi connectivity index (χ0v) is 13.5. The minimum absolute atomic E-state index is 0.0768. The maximum atomic E-state index is 12.0. The van der Waals surface area contributed by atoms with Crippen LogP contribution < -0.4 is 5.32 Å². The zero-order chi connectivity index (χ0) is 15.5. The molecule has 0 unspecified atom stereocenters. The van der Waals surface area contributed by atoms with E-state index in [2.05, 4.69) is 21.2 Å². The summed E-state index contributed by atoms with van der Waals surface area (Å²) < 4.78 is 0.912. The second-order valence-electron chi connectivity index (χ2n) is 5.70. The number of likely N-dealkylation sites (tertiary alicyclic amines) is 1. The number of hydrogen-bond donors (Lipinski definition) is 2. The van der Waals surface area contributed by atoms with Crippen molar-refractivity contribution in [1.29, 1.82) is 0 Å². The van der Waals surface area contributed by atoms with Crippen LogP contribution in [0.2, 0.25) is 0 Å². The van der Waals surface area contributed by atoms with Crippen LogP contribution in [0, 0.1) is 5.41 Å². The molecule has 21 heavy (non-hydrogen) atoms. The Morgan fingerprint density at radius 1 is 1.38 bits per heavy atom. The molecule has 0 atom stereocenters. The van der Waals surface area contributed by atoms with Crippen molar-refractivity contribution >= 4 is 33.5 Å². The zero-order valence-electron chi connectivity index (χ0n) is 11.9. The van der Waals surface area contributed by atoms with Gasteiger partial charge < -0.3 is 10.4 Å². The molecule has 114 valence electrons. The summed E-state index contributed by atoms with van der Waals surface area (Å²) in [7, 11) is 0. The summed E-state index contributed by atoms with van der Waals surface area (Å²) in [4.78, 5) is 25.2. The van der Waals surface area contributed by atoms with Crippen LogP contribution in [-0.4, -0.2) is 41.5 Å². The highest BCUT2D eigenvalue weighted by atomic mass is 79.9. The van der Waals surface area contributed by atoms with Gasteiger partial charge in [0.15, 0.2) is 0 Å². The number of carbonyl (C=O) groups excluding carboxylic acids is 1. The smallest absolute Gasteiger partial charge is 0.309 e. The largest absolute Gasteiger partial charge is 0.481 e. The molecule has 1 aromatic rings. The van der Waals surface area contributed by atoms with Gasteiger partial charge in [0.1, 0.15) is 0 Å². The summed E-state index contributed by atoms with van der Waals surface area (Å²) in [5.41, 5.74) is 0.0961. The number of carboxylic acid groups (broad SMARTS) is 1. The van der Waals surface area contributed by atoms with Crippen molar-refractivity contribution < 1.29 is 14.7 Å². The Hall–Kier alpha value is -1.40. The normalized spacial score (nSPS) is 18.2. The first-order chi connectivity index (χ1) is 9.89. The minimum atomic E-state index is -0.749. The molecule has 6 heteroatoms. The molecule has 0 aliphatic carbocycles. The highest BCUT2D eigenvalue weighted by Crippen LogP contribution is 2.30. The fourth-order valence-corrected chi connectivity index (χ4v) is 2.79. The quantitative estimate of drug-likeness (QED) is 0.871. The summed E-state index contributed by atoms with van der Waals surface area (Å²) >= 11 is 3.36. The maximum Gasteiger partial charge on any atom is 0.309 e. The first-order valence-electron chi connectivity index (χ1n) is 6.90. The molecule has 5 nitrogen and oxygen atoms in total. The summed E-state index contributed by atoms with van der Waals surface area (Å²) in [5.74, 6) is -0.826. The van der Waals surface area contributed by atoms with E-state index >= 15 is 0 Å². The molecule has 1 fully saturated rings. The van der Waals surface area contributed by atoms with Gasteiger partial charge in [-0.05, 0) is 51.1 Å². The molecular formula is C15H19BrN2O3. The van der Waals surface area contributed by atoms with Gasteiger partial charge in [0.25, 0.3) is 0 Å². The highest BCUT2D eigenvalue weighted by Gasteiger charge is 2.37. The van der Waals surface area contributed by atoms with Crippen molar-refractivity contribution in [3.8, 4) is 0 Å². The topological polar surface area (TPSA) is 69.6 Å². The lowest BCUT2D eigenvalue weighted by molar-refractivity contribution is -0.150. The first-order valence-corrected chi connectivity index (χ1v) is 7.69. The lowest BCUT2D eigenvalue weighted by Gasteiger charge is -2.35. The van der Waals surface area contributed by atoms with Crippen molar-refractivity contribution in [2.75, 3.05) is 25.0 Å². The standard InChI is InChI=1S/C15H19BrN2O3/c1-15(14(20)21)5-7-18(8-6-15)10-13(19)17-12-4-2-3-11(16)9-12/h2-4,9H,5-8,10H2,1H3,(H,17,19)(H,20,21). The number of nitrogens with zero attached hydrogens (tertiary/aromatic N) is 1. The van der Waals surface area contributed by atoms with Gasteiger partial charge in [-0.3, -0.25) is 14.5 Å². The second kappa shape index (κ2) is 6.58. The van der Waals surface area contributed by atoms with E-state index in [4.69, 9.17) is 0 Å². The van der Waals surface area contributed by atoms with Gasteiger partial charge in [0.05, 0.1) is 12.0 Å². The van der Waals surface area contributed by atoms with Crippen molar-refractivity contribution in [1.82, 2.24) is 4.90 Å². The predicted octanol–water partition coefficient (Wildman–Crippen LogP) is 2.57. The van der Waals surface area contributed by atoms with Crippen LogP contribution >= 0.6 is 15.9 Å². The lowest BCUT2D eigenvalue weighted by atomic mass is 9.80. The van der Waals surface area contributed by atoms with E-state index < -0.39 is 11.4 Å². The molecule has 1 heterocycles. The number of hydrogen-bond acceptors (Lipinski definition) is 3. The van der Waals surface area contributed by atoms with Gasteiger partial charge in [0.2, 0.25) is 5.91 Å². The third kappa shape index (κ3) is 4.28. The highest BCUT2D eigenvalue weighted by molar-refractivity contribution is 9.10. The SMILES string of the molecule is CC1(C(=O)O)CCN(CC(=O)Nc2cccc(Br)c2)CC1. The second-order valence-corrected chi connectivity index (χ2v) is 6.62. The van der Waals surface area contributed by atoms with Crippen molar-refractivity contribution in [2.24, 2.45) is 5.41 Å². The fraction of sp³-hybridized carbons (Fsp3) is 0.467.